The smallest absolute Gasteiger partial charge is 0.279 e. The zero-order valence-corrected chi connectivity index (χ0v) is 14.2. The molecule has 0 amide bonds. The van der Waals surface area contributed by atoms with Crippen LogP contribution in [-0.4, -0.2) is 23.0 Å². The zero-order valence-electron chi connectivity index (χ0n) is 13.4. The van der Waals surface area contributed by atoms with Gasteiger partial charge >= 0.3 is 0 Å². The van der Waals surface area contributed by atoms with Crippen LogP contribution >= 0.6 is 11.3 Å². The van der Waals surface area contributed by atoms with E-state index >= 15 is 0 Å². The van der Waals surface area contributed by atoms with Crippen LogP contribution in [0.4, 0.5) is 4.39 Å². The van der Waals surface area contributed by atoms with Gasteiger partial charge in [-0.2, -0.15) is 0 Å². The monoisotopic (exact) mass is 342 g/mol. The van der Waals surface area contributed by atoms with Crippen molar-refractivity contribution < 1.29 is 9.13 Å². The highest BCUT2D eigenvalue weighted by molar-refractivity contribution is 7.20. The number of piperidine rings is 1. The van der Waals surface area contributed by atoms with Crippen LogP contribution in [0, 0.1) is 5.82 Å². The average molecular weight is 342 g/mol. The Morgan fingerprint density at radius 1 is 1.08 bits per heavy atom. The Kier molecular flexibility index (Phi) is 4.45. The molecule has 2 aromatic carbocycles. The Hall–Kier alpha value is -1.98. The highest BCUT2D eigenvalue weighted by Crippen LogP contribution is 2.32. The van der Waals surface area contributed by atoms with E-state index in [-0.39, 0.29) is 11.6 Å². The van der Waals surface area contributed by atoms with Crippen molar-refractivity contribution in [3.63, 3.8) is 0 Å². The Labute approximate surface area is 144 Å². The molecule has 0 N–H and O–H groups in total. The SMILES string of the molecule is Fc1cc(CN2CCCCC2)ccc1Oc1nc2ccccc2s1. The molecule has 1 aliphatic heterocycles. The second-order valence-electron chi connectivity index (χ2n) is 6.15. The zero-order chi connectivity index (χ0) is 16.4. The molecule has 1 aromatic heterocycles. The van der Waals surface area contributed by atoms with Gasteiger partial charge in [0.25, 0.3) is 5.19 Å². The van der Waals surface area contributed by atoms with E-state index in [1.54, 1.807) is 12.1 Å². The van der Waals surface area contributed by atoms with Crippen molar-refractivity contribution in [2.24, 2.45) is 0 Å². The molecule has 0 unspecified atom stereocenters. The Morgan fingerprint density at radius 2 is 1.92 bits per heavy atom. The van der Waals surface area contributed by atoms with Gasteiger partial charge in [0.15, 0.2) is 11.6 Å². The lowest BCUT2D eigenvalue weighted by Gasteiger charge is -2.26. The number of halogens is 1. The first-order chi connectivity index (χ1) is 11.8. The molecule has 0 spiro atoms. The predicted molar refractivity (Wildman–Crippen MR) is 95.2 cm³/mol. The summed E-state index contributed by atoms with van der Waals surface area (Å²) >= 11 is 1.43. The van der Waals surface area contributed by atoms with Gasteiger partial charge in [-0.15, -0.1) is 0 Å². The topological polar surface area (TPSA) is 25.4 Å². The molecule has 0 aliphatic carbocycles. The molecule has 0 saturated carbocycles. The maximum Gasteiger partial charge on any atom is 0.279 e. The molecular weight excluding hydrogens is 323 g/mol. The number of rotatable bonds is 4. The van der Waals surface area contributed by atoms with Crippen molar-refractivity contribution in [3.8, 4) is 10.9 Å². The van der Waals surface area contributed by atoms with Gasteiger partial charge in [-0.1, -0.05) is 36.0 Å². The number of benzene rings is 2. The van der Waals surface area contributed by atoms with Crippen LogP contribution in [-0.2, 0) is 6.54 Å². The van der Waals surface area contributed by atoms with E-state index in [0.717, 1.165) is 35.4 Å². The van der Waals surface area contributed by atoms with Gasteiger partial charge in [0.05, 0.1) is 10.2 Å². The van der Waals surface area contributed by atoms with Crippen molar-refractivity contribution >= 4 is 21.6 Å². The van der Waals surface area contributed by atoms with Crippen molar-refractivity contribution in [3.05, 3.63) is 53.8 Å². The molecule has 3 nitrogen and oxygen atoms in total. The second kappa shape index (κ2) is 6.87. The van der Waals surface area contributed by atoms with Crippen LogP contribution in [0.5, 0.6) is 10.9 Å². The summed E-state index contributed by atoms with van der Waals surface area (Å²) in [5.74, 6) is -0.0970. The maximum absolute atomic E-state index is 14.4. The predicted octanol–water partition coefficient (Wildman–Crippen LogP) is 5.21. The molecule has 1 fully saturated rings. The fourth-order valence-corrected chi connectivity index (χ4v) is 3.92. The van der Waals surface area contributed by atoms with Gasteiger partial charge in [-0.25, -0.2) is 9.37 Å². The highest BCUT2D eigenvalue weighted by Gasteiger charge is 2.13. The Bertz CT molecular complexity index is 809. The lowest BCUT2D eigenvalue weighted by molar-refractivity contribution is 0.220. The fourth-order valence-electron chi connectivity index (χ4n) is 3.09. The number of likely N-dealkylation sites (tertiary alicyclic amines) is 1. The first-order valence-electron chi connectivity index (χ1n) is 8.32. The van der Waals surface area contributed by atoms with Gasteiger partial charge in [-0.05, 0) is 55.8 Å². The number of hydrogen-bond donors (Lipinski definition) is 0. The third-order valence-corrected chi connectivity index (χ3v) is 5.24. The van der Waals surface area contributed by atoms with Crippen molar-refractivity contribution in [2.75, 3.05) is 13.1 Å². The number of hydrogen-bond acceptors (Lipinski definition) is 4. The third-order valence-electron chi connectivity index (χ3n) is 4.32. The summed E-state index contributed by atoms with van der Waals surface area (Å²) < 4.78 is 21.1. The quantitative estimate of drug-likeness (QED) is 0.650. The third kappa shape index (κ3) is 3.42. The van der Waals surface area contributed by atoms with Crippen LogP contribution in [0.3, 0.4) is 0 Å². The molecular formula is C19H19FN2OS. The molecule has 0 radical (unpaired) electrons. The van der Waals surface area contributed by atoms with Crippen molar-refractivity contribution in [2.45, 2.75) is 25.8 Å². The van der Waals surface area contributed by atoms with Gasteiger partial charge < -0.3 is 4.74 Å². The second-order valence-corrected chi connectivity index (χ2v) is 7.14. The number of para-hydroxylation sites is 1. The number of aromatic nitrogens is 1. The van der Waals surface area contributed by atoms with Crippen LogP contribution in [0.15, 0.2) is 42.5 Å². The lowest BCUT2D eigenvalue weighted by atomic mass is 10.1. The molecule has 0 bridgehead atoms. The summed E-state index contributed by atoms with van der Waals surface area (Å²) in [4.78, 5) is 6.77. The number of ether oxygens (including phenoxy) is 1. The summed E-state index contributed by atoms with van der Waals surface area (Å²) in [6, 6.07) is 13.0. The minimum Gasteiger partial charge on any atom is -0.428 e. The van der Waals surface area contributed by atoms with E-state index < -0.39 is 0 Å². The summed E-state index contributed by atoms with van der Waals surface area (Å²) in [7, 11) is 0. The van der Waals surface area contributed by atoms with Crippen LogP contribution in [0.25, 0.3) is 10.2 Å². The van der Waals surface area contributed by atoms with Crippen LogP contribution in [0.2, 0.25) is 0 Å². The summed E-state index contributed by atoms with van der Waals surface area (Å²) in [6.07, 6.45) is 3.78. The van der Waals surface area contributed by atoms with Crippen LogP contribution in [0.1, 0.15) is 24.8 Å². The van der Waals surface area contributed by atoms with E-state index in [9.17, 15) is 4.39 Å². The van der Waals surface area contributed by atoms with Crippen molar-refractivity contribution in [1.29, 1.82) is 0 Å². The summed E-state index contributed by atoms with van der Waals surface area (Å²) in [5, 5.41) is 0.471. The van der Waals surface area contributed by atoms with Gasteiger partial charge in [-0.3, -0.25) is 4.90 Å². The first kappa shape index (κ1) is 15.5. The van der Waals surface area contributed by atoms with Gasteiger partial charge in [0.2, 0.25) is 0 Å². The Balaban J connectivity index is 1.49. The maximum atomic E-state index is 14.4. The van der Waals surface area contributed by atoms with E-state index in [1.165, 1.54) is 30.6 Å². The lowest BCUT2D eigenvalue weighted by Crippen LogP contribution is -2.29. The molecule has 5 heteroatoms. The van der Waals surface area contributed by atoms with E-state index in [2.05, 4.69) is 9.88 Å². The molecule has 1 aliphatic rings. The average Bonchev–Trinajstić information content (AvgIpc) is 3.01. The number of fused-ring (bicyclic) bond motifs is 1. The molecule has 1 saturated heterocycles. The van der Waals surface area contributed by atoms with E-state index in [4.69, 9.17) is 4.74 Å². The number of nitrogens with zero attached hydrogens (tertiary/aromatic N) is 2. The fraction of sp³-hybridized carbons (Fsp3) is 0.316. The van der Waals surface area contributed by atoms with Crippen molar-refractivity contribution in [1.82, 2.24) is 9.88 Å². The van der Waals surface area contributed by atoms with E-state index in [1.807, 2.05) is 30.3 Å². The number of thiazole rings is 1. The minimum absolute atomic E-state index is 0.233. The minimum atomic E-state index is -0.330. The summed E-state index contributed by atoms with van der Waals surface area (Å²) in [6.45, 7) is 3.01. The highest BCUT2D eigenvalue weighted by atomic mass is 32.1. The molecule has 2 heterocycles. The largest absolute Gasteiger partial charge is 0.428 e. The van der Waals surface area contributed by atoms with Gasteiger partial charge in [0.1, 0.15) is 0 Å². The molecule has 0 atom stereocenters. The molecule has 124 valence electrons. The molecule has 24 heavy (non-hydrogen) atoms. The molecule has 3 aromatic rings. The molecule has 4 rings (SSSR count). The van der Waals surface area contributed by atoms with E-state index in [0.29, 0.717) is 5.19 Å². The Morgan fingerprint density at radius 3 is 2.71 bits per heavy atom. The normalized spacial score (nSPS) is 15.7. The van der Waals surface area contributed by atoms with Crippen LogP contribution < -0.4 is 4.74 Å². The standard InChI is InChI=1S/C19H19FN2OS/c20-15-12-14(13-22-10-4-1-5-11-22)8-9-17(15)23-19-21-16-6-2-3-7-18(16)24-19/h2-3,6-9,12H,1,4-5,10-11,13H2. The van der Waals surface area contributed by atoms with Gasteiger partial charge in [0, 0.05) is 6.54 Å². The summed E-state index contributed by atoms with van der Waals surface area (Å²) in [5.41, 5.74) is 1.87. The first-order valence-corrected chi connectivity index (χ1v) is 9.14.